The minimum absolute atomic E-state index is 0.228. The smallest absolute Gasteiger partial charge is 0.407 e. The van der Waals surface area contributed by atoms with Crippen molar-refractivity contribution in [3.8, 4) is 11.4 Å². The molecule has 3 N–H and O–H groups in total. The molecule has 1 fully saturated rings. The van der Waals surface area contributed by atoms with Crippen molar-refractivity contribution in [1.82, 2.24) is 34.4 Å². The van der Waals surface area contributed by atoms with Gasteiger partial charge in [-0.05, 0) is 25.7 Å². The van der Waals surface area contributed by atoms with Crippen molar-refractivity contribution in [2.75, 3.05) is 18.5 Å². The van der Waals surface area contributed by atoms with Gasteiger partial charge in [0.05, 0.1) is 17.7 Å². The fourth-order valence-corrected chi connectivity index (χ4v) is 4.70. The number of hydrogen-bond acceptors (Lipinski definition) is 8. The summed E-state index contributed by atoms with van der Waals surface area (Å²) in [5.41, 5.74) is 0.670. The molecule has 33 heavy (non-hydrogen) atoms. The monoisotopic (exact) mass is 454 g/mol. The van der Waals surface area contributed by atoms with E-state index in [1.165, 1.54) is 11.2 Å². The van der Waals surface area contributed by atoms with E-state index < -0.39 is 17.0 Å². The predicted octanol–water partition coefficient (Wildman–Crippen LogP) is 2.55. The van der Waals surface area contributed by atoms with Crippen LogP contribution in [-0.4, -0.2) is 75.4 Å². The molecule has 1 aliphatic rings. The van der Waals surface area contributed by atoms with Crippen LogP contribution in [0.1, 0.15) is 39.9 Å². The number of carboxylic acid groups (broad SMARTS) is 1. The Morgan fingerprint density at radius 2 is 1.94 bits per heavy atom. The van der Waals surface area contributed by atoms with Gasteiger partial charge in [-0.2, -0.15) is 0 Å². The van der Waals surface area contributed by atoms with Crippen LogP contribution in [0.15, 0.2) is 18.7 Å². The van der Waals surface area contributed by atoms with Gasteiger partial charge in [0.1, 0.15) is 18.0 Å². The number of aliphatic hydroxyl groups is 1. The lowest BCUT2D eigenvalue weighted by Gasteiger charge is -2.45. The lowest BCUT2D eigenvalue weighted by atomic mass is 9.72. The molecule has 1 aliphatic heterocycles. The molecule has 4 heterocycles. The Bertz CT molecular complexity index is 1170. The number of aliphatic hydroxyl groups excluding tert-OH is 1. The van der Waals surface area contributed by atoms with Crippen molar-refractivity contribution in [2.24, 2.45) is 5.41 Å². The van der Waals surface area contributed by atoms with Crippen molar-refractivity contribution in [2.45, 2.75) is 59.2 Å². The van der Waals surface area contributed by atoms with E-state index in [9.17, 15) is 15.0 Å². The number of hydrogen-bond donors (Lipinski definition) is 3. The number of rotatable bonds is 5. The summed E-state index contributed by atoms with van der Waals surface area (Å²) in [5, 5.41) is 23.5. The van der Waals surface area contributed by atoms with Crippen molar-refractivity contribution < 1.29 is 15.0 Å². The SMILES string of the molecule is CCn1c(-c2cnc(C)nc2)nc2c(NC3CN(C(=O)O)C(CO)(C(C)(C)C)C3)ncnc21. The average molecular weight is 455 g/mol. The second-order valence-corrected chi connectivity index (χ2v) is 9.47. The molecule has 0 aliphatic carbocycles. The molecule has 0 radical (unpaired) electrons. The molecule has 3 aromatic heterocycles. The minimum Gasteiger partial charge on any atom is -0.465 e. The number of amides is 1. The Labute approximate surface area is 191 Å². The van der Waals surface area contributed by atoms with Crippen LogP contribution in [0.25, 0.3) is 22.6 Å². The molecule has 2 atom stereocenters. The number of fused-ring (bicyclic) bond motifs is 1. The third-order valence-corrected chi connectivity index (χ3v) is 6.62. The Hall–Kier alpha value is -3.34. The van der Waals surface area contributed by atoms with Crippen LogP contribution in [0.5, 0.6) is 0 Å². The standard InChI is InChI=1S/C22H30N8O3/c1-6-29-18(14-8-23-13(2)24-9-14)28-16-17(25-12-26-19(16)29)27-15-7-22(11-31,21(3,4)5)30(10-15)20(32)33/h8-9,12,15,31H,6-7,10-11H2,1-5H3,(H,32,33)(H,25,26,27). The number of anilines is 1. The second-order valence-electron chi connectivity index (χ2n) is 9.47. The maximum atomic E-state index is 12.0. The zero-order valence-electron chi connectivity index (χ0n) is 19.6. The van der Waals surface area contributed by atoms with Crippen LogP contribution in [0.3, 0.4) is 0 Å². The molecule has 4 rings (SSSR count). The maximum Gasteiger partial charge on any atom is 0.407 e. The van der Waals surface area contributed by atoms with Crippen LogP contribution in [0, 0.1) is 12.3 Å². The number of likely N-dealkylation sites (tertiary alicyclic amines) is 1. The summed E-state index contributed by atoms with van der Waals surface area (Å²) in [6.07, 6.45) is 4.33. The van der Waals surface area contributed by atoms with Gasteiger partial charge in [0, 0.05) is 31.5 Å². The average Bonchev–Trinajstić information content (AvgIpc) is 3.34. The first-order valence-electron chi connectivity index (χ1n) is 11.0. The van der Waals surface area contributed by atoms with Crippen molar-refractivity contribution in [3.63, 3.8) is 0 Å². The molecule has 176 valence electrons. The largest absolute Gasteiger partial charge is 0.465 e. The third-order valence-electron chi connectivity index (χ3n) is 6.62. The second kappa shape index (κ2) is 8.22. The Balaban J connectivity index is 1.73. The van der Waals surface area contributed by atoms with Gasteiger partial charge in [-0.15, -0.1) is 0 Å². The summed E-state index contributed by atoms with van der Waals surface area (Å²) in [5.74, 6) is 1.89. The molecular weight excluding hydrogens is 424 g/mol. The highest BCUT2D eigenvalue weighted by Crippen LogP contribution is 2.44. The van der Waals surface area contributed by atoms with E-state index in [1.54, 1.807) is 12.4 Å². The molecule has 11 nitrogen and oxygen atoms in total. The van der Waals surface area contributed by atoms with E-state index in [4.69, 9.17) is 4.98 Å². The number of aryl methyl sites for hydroxylation is 2. The van der Waals surface area contributed by atoms with E-state index in [0.29, 0.717) is 41.6 Å². The molecule has 0 saturated carbocycles. The van der Waals surface area contributed by atoms with Crippen LogP contribution in [0.2, 0.25) is 0 Å². The van der Waals surface area contributed by atoms with Gasteiger partial charge in [-0.25, -0.2) is 29.7 Å². The Morgan fingerprint density at radius 3 is 2.48 bits per heavy atom. The number of nitrogens with one attached hydrogen (secondary N) is 1. The molecule has 11 heteroatoms. The van der Waals surface area contributed by atoms with Gasteiger partial charge in [0.2, 0.25) is 0 Å². The van der Waals surface area contributed by atoms with Crippen molar-refractivity contribution >= 4 is 23.1 Å². The van der Waals surface area contributed by atoms with E-state index >= 15 is 0 Å². The van der Waals surface area contributed by atoms with Crippen LogP contribution < -0.4 is 5.32 Å². The fraction of sp³-hybridized carbons (Fsp3) is 0.545. The zero-order valence-corrected chi connectivity index (χ0v) is 19.6. The topological polar surface area (TPSA) is 142 Å². The summed E-state index contributed by atoms with van der Waals surface area (Å²) in [6, 6.07) is -0.247. The number of carbonyl (C=O) groups is 1. The lowest BCUT2D eigenvalue weighted by molar-refractivity contribution is -0.0113. The maximum absolute atomic E-state index is 12.0. The number of nitrogens with zero attached hydrogens (tertiary/aromatic N) is 7. The predicted molar refractivity (Wildman–Crippen MR) is 123 cm³/mol. The highest BCUT2D eigenvalue weighted by atomic mass is 16.4. The first-order valence-corrected chi connectivity index (χ1v) is 11.0. The highest BCUT2D eigenvalue weighted by molar-refractivity contribution is 5.86. The van der Waals surface area contributed by atoms with E-state index in [1.807, 2.05) is 39.2 Å². The van der Waals surface area contributed by atoms with Gasteiger partial charge in [0.25, 0.3) is 0 Å². The number of aromatic nitrogens is 6. The molecule has 3 aromatic rings. The first kappa shape index (κ1) is 22.8. The molecule has 2 unspecified atom stereocenters. The van der Waals surface area contributed by atoms with E-state index in [0.717, 1.165) is 5.56 Å². The highest BCUT2D eigenvalue weighted by Gasteiger charge is 2.54. The quantitative estimate of drug-likeness (QED) is 0.530. The first-order chi connectivity index (χ1) is 15.6. The summed E-state index contributed by atoms with van der Waals surface area (Å²) < 4.78 is 1.97. The molecule has 1 saturated heterocycles. The van der Waals surface area contributed by atoms with E-state index in [2.05, 4.69) is 25.3 Å². The summed E-state index contributed by atoms with van der Waals surface area (Å²) in [4.78, 5) is 35.6. The lowest BCUT2D eigenvalue weighted by Crippen LogP contribution is -2.57. The molecule has 1 amide bonds. The van der Waals surface area contributed by atoms with Crippen molar-refractivity contribution in [1.29, 1.82) is 0 Å². The minimum atomic E-state index is -1.05. The van der Waals surface area contributed by atoms with Crippen LogP contribution >= 0.6 is 0 Å². The zero-order chi connectivity index (χ0) is 24.0. The fourth-order valence-electron chi connectivity index (χ4n) is 4.70. The Morgan fingerprint density at radius 1 is 1.24 bits per heavy atom. The van der Waals surface area contributed by atoms with Crippen LogP contribution in [0.4, 0.5) is 10.6 Å². The van der Waals surface area contributed by atoms with Gasteiger partial charge in [-0.3, -0.25) is 4.90 Å². The molecule has 0 bridgehead atoms. The van der Waals surface area contributed by atoms with Gasteiger partial charge in [-0.1, -0.05) is 20.8 Å². The van der Waals surface area contributed by atoms with Crippen molar-refractivity contribution in [3.05, 3.63) is 24.5 Å². The van der Waals surface area contributed by atoms with Gasteiger partial charge >= 0.3 is 6.09 Å². The summed E-state index contributed by atoms with van der Waals surface area (Å²) in [6.45, 7) is 10.3. The molecule has 0 spiro atoms. The van der Waals surface area contributed by atoms with Gasteiger partial charge < -0.3 is 20.1 Å². The van der Waals surface area contributed by atoms with Gasteiger partial charge in [0.15, 0.2) is 17.0 Å². The third kappa shape index (κ3) is 3.75. The normalized spacial score (nSPS) is 21.0. The number of imidazole rings is 1. The Kier molecular flexibility index (Phi) is 5.69. The molecular formula is C22H30N8O3. The summed E-state index contributed by atoms with van der Waals surface area (Å²) in [7, 11) is 0. The van der Waals surface area contributed by atoms with Crippen LogP contribution in [-0.2, 0) is 6.54 Å². The molecule has 0 aromatic carbocycles. The summed E-state index contributed by atoms with van der Waals surface area (Å²) >= 11 is 0. The van der Waals surface area contributed by atoms with E-state index in [-0.39, 0.29) is 19.2 Å².